The van der Waals surface area contributed by atoms with Gasteiger partial charge in [-0.25, -0.2) is 4.79 Å². The Labute approximate surface area is 180 Å². The second kappa shape index (κ2) is 11.8. The topological polar surface area (TPSA) is 80.7 Å². The van der Waals surface area contributed by atoms with Gasteiger partial charge in [-0.3, -0.25) is 4.79 Å². The number of esters is 1. The van der Waals surface area contributed by atoms with E-state index in [1.165, 1.54) is 24.8 Å². The van der Waals surface area contributed by atoms with Gasteiger partial charge in [0.05, 0.1) is 12.9 Å². The number of aliphatic hydroxyl groups excluding tert-OH is 1. The molecule has 0 aliphatic heterocycles. The molecule has 0 aromatic heterocycles. The van der Waals surface area contributed by atoms with Gasteiger partial charge in [0, 0.05) is 24.5 Å². The maximum atomic E-state index is 12.7. The molecule has 1 N–H and O–H groups in total. The van der Waals surface area contributed by atoms with Crippen molar-refractivity contribution in [1.29, 1.82) is 0 Å². The lowest BCUT2D eigenvalue weighted by molar-refractivity contribution is -0.132. The van der Waals surface area contributed by atoms with E-state index in [9.17, 15) is 19.5 Å². The van der Waals surface area contributed by atoms with Crippen molar-refractivity contribution < 1.29 is 24.2 Å². The number of aliphatic hydroxyl groups is 1. The number of rotatable bonds is 9. The van der Waals surface area contributed by atoms with E-state index in [-0.39, 0.29) is 42.9 Å². The molecule has 0 heterocycles. The van der Waals surface area contributed by atoms with Crippen molar-refractivity contribution in [3.8, 4) is 0 Å². The van der Waals surface area contributed by atoms with Crippen LogP contribution in [0.1, 0.15) is 67.2 Å². The molecular weight excluding hydrogens is 380 g/mol. The van der Waals surface area contributed by atoms with Gasteiger partial charge in [0.2, 0.25) is 0 Å². The third-order valence-electron chi connectivity index (χ3n) is 5.41. The summed E-state index contributed by atoms with van der Waals surface area (Å²) in [4.78, 5) is 36.5. The van der Waals surface area contributed by atoms with E-state index in [4.69, 9.17) is 4.74 Å². The minimum atomic E-state index is -0.476. The third kappa shape index (κ3) is 8.23. The normalized spacial score (nSPS) is 24.1. The zero-order valence-electron chi connectivity index (χ0n) is 19.2. The molecule has 0 amide bonds. The monoisotopic (exact) mass is 416 g/mol. The fourth-order valence-electron chi connectivity index (χ4n) is 4.06. The molecule has 1 aliphatic rings. The van der Waals surface area contributed by atoms with E-state index >= 15 is 0 Å². The van der Waals surface area contributed by atoms with Crippen molar-refractivity contribution in [3.05, 3.63) is 47.3 Å². The summed E-state index contributed by atoms with van der Waals surface area (Å²) in [5.74, 6) is -1.01. The summed E-state index contributed by atoms with van der Waals surface area (Å²) in [5, 5.41) is 9.76. The SMILES string of the molecule is CC(=O)CC1CC(=O)C(CO)=CC(C)(CCC=C(C)C)C1C=COC(=O)C=C(C)C. The molecule has 166 valence electrons. The molecule has 1 aliphatic carbocycles. The fourth-order valence-corrected chi connectivity index (χ4v) is 4.06. The minimum absolute atomic E-state index is 0.00633. The first-order valence-electron chi connectivity index (χ1n) is 10.5. The van der Waals surface area contributed by atoms with Crippen LogP contribution in [-0.2, 0) is 19.1 Å². The maximum absolute atomic E-state index is 12.7. The molecule has 3 atom stereocenters. The maximum Gasteiger partial charge on any atom is 0.335 e. The van der Waals surface area contributed by atoms with Crippen LogP contribution in [0.4, 0.5) is 0 Å². The number of hydrogen-bond donors (Lipinski definition) is 1. The van der Waals surface area contributed by atoms with Gasteiger partial charge < -0.3 is 14.6 Å². The van der Waals surface area contributed by atoms with Gasteiger partial charge in [-0.05, 0) is 70.8 Å². The average molecular weight is 417 g/mol. The lowest BCUT2D eigenvalue weighted by Crippen LogP contribution is -2.31. The molecule has 0 radical (unpaired) electrons. The summed E-state index contributed by atoms with van der Waals surface area (Å²) in [6.07, 6.45) is 10.6. The second-order valence-corrected chi connectivity index (χ2v) is 8.96. The van der Waals surface area contributed by atoms with E-state index in [1.807, 2.05) is 40.7 Å². The first kappa shape index (κ1) is 25.8. The second-order valence-electron chi connectivity index (χ2n) is 8.96. The Bertz CT molecular complexity index is 760. The predicted molar refractivity (Wildman–Crippen MR) is 119 cm³/mol. The lowest BCUT2D eigenvalue weighted by Gasteiger charge is -2.37. The standard InChI is InChI=1S/C25H36O5/c1-17(2)8-7-10-25(6)15-21(16-26)23(28)14-20(13-19(5)27)22(25)9-11-30-24(29)12-18(3)4/h8-9,11-12,15,20,22,26H,7,10,13-14,16H2,1-6H3. The molecular formula is C25H36O5. The highest BCUT2D eigenvalue weighted by molar-refractivity contribution is 5.96. The van der Waals surface area contributed by atoms with Crippen LogP contribution in [-0.4, -0.2) is 29.2 Å². The zero-order chi connectivity index (χ0) is 22.9. The number of hydrogen-bond acceptors (Lipinski definition) is 5. The highest BCUT2D eigenvalue weighted by Gasteiger charge is 2.40. The third-order valence-corrected chi connectivity index (χ3v) is 5.41. The van der Waals surface area contributed by atoms with Gasteiger partial charge in [-0.1, -0.05) is 30.2 Å². The Balaban J connectivity index is 3.35. The van der Waals surface area contributed by atoms with Crippen LogP contribution in [0.15, 0.2) is 47.3 Å². The molecule has 5 heteroatoms. The van der Waals surface area contributed by atoms with Crippen LogP contribution >= 0.6 is 0 Å². The minimum Gasteiger partial charge on any atom is -0.432 e. The van der Waals surface area contributed by atoms with Crippen LogP contribution < -0.4 is 0 Å². The largest absolute Gasteiger partial charge is 0.432 e. The molecule has 5 nitrogen and oxygen atoms in total. The number of Topliss-reactive ketones (excluding diaryl/α,β-unsaturated/α-hetero) is 2. The lowest BCUT2D eigenvalue weighted by atomic mass is 9.67. The summed E-state index contributed by atoms with van der Waals surface area (Å²) in [7, 11) is 0. The van der Waals surface area contributed by atoms with Crippen molar-refractivity contribution in [1.82, 2.24) is 0 Å². The molecule has 0 fully saturated rings. The number of ether oxygens (including phenoxy) is 1. The van der Waals surface area contributed by atoms with E-state index in [0.717, 1.165) is 18.4 Å². The van der Waals surface area contributed by atoms with Crippen LogP contribution in [0.3, 0.4) is 0 Å². The van der Waals surface area contributed by atoms with Gasteiger partial charge in [0.1, 0.15) is 5.78 Å². The Morgan fingerprint density at radius 3 is 2.40 bits per heavy atom. The van der Waals surface area contributed by atoms with Crippen LogP contribution in [0.25, 0.3) is 0 Å². The smallest absolute Gasteiger partial charge is 0.335 e. The average Bonchev–Trinajstić information content (AvgIpc) is 2.69. The quantitative estimate of drug-likeness (QED) is 0.251. The molecule has 30 heavy (non-hydrogen) atoms. The van der Waals surface area contributed by atoms with Crippen LogP contribution in [0, 0.1) is 17.3 Å². The Morgan fingerprint density at radius 2 is 1.87 bits per heavy atom. The molecule has 0 aromatic carbocycles. The highest BCUT2D eigenvalue weighted by Crippen LogP contribution is 2.45. The summed E-state index contributed by atoms with van der Waals surface area (Å²) in [5.41, 5.74) is 1.96. The van der Waals surface area contributed by atoms with Crippen LogP contribution in [0.2, 0.25) is 0 Å². The Morgan fingerprint density at radius 1 is 1.20 bits per heavy atom. The molecule has 1 rings (SSSR count). The van der Waals surface area contributed by atoms with Crippen LogP contribution in [0.5, 0.6) is 0 Å². The Kier molecular flexibility index (Phi) is 10.1. The Hall–Kier alpha value is -2.27. The van der Waals surface area contributed by atoms with Crippen molar-refractivity contribution in [2.24, 2.45) is 17.3 Å². The molecule has 3 unspecified atom stereocenters. The number of carbonyl (C=O) groups excluding carboxylic acids is 3. The van der Waals surface area contributed by atoms with Gasteiger partial charge in [-0.2, -0.15) is 0 Å². The fraction of sp³-hybridized carbons (Fsp3) is 0.560. The van der Waals surface area contributed by atoms with E-state index < -0.39 is 11.4 Å². The summed E-state index contributed by atoms with van der Waals surface area (Å²) < 4.78 is 5.22. The molecule has 0 saturated carbocycles. The first-order valence-corrected chi connectivity index (χ1v) is 10.5. The number of ketones is 2. The first-order chi connectivity index (χ1) is 14.0. The molecule has 0 aromatic rings. The van der Waals surface area contributed by atoms with E-state index in [0.29, 0.717) is 5.57 Å². The summed E-state index contributed by atoms with van der Waals surface area (Å²) in [6, 6.07) is 0. The number of carbonyl (C=O) groups is 3. The van der Waals surface area contributed by atoms with Gasteiger partial charge in [0.25, 0.3) is 0 Å². The van der Waals surface area contributed by atoms with E-state index in [1.54, 1.807) is 6.08 Å². The van der Waals surface area contributed by atoms with E-state index in [2.05, 4.69) is 6.08 Å². The molecule has 0 spiro atoms. The van der Waals surface area contributed by atoms with Crippen molar-refractivity contribution in [2.75, 3.05) is 6.61 Å². The van der Waals surface area contributed by atoms with Crippen molar-refractivity contribution in [3.63, 3.8) is 0 Å². The van der Waals surface area contributed by atoms with Gasteiger partial charge in [-0.15, -0.1) is 0 Å². The molecule has 0 bridgehead atoms. The number of allylic oxidation sites excluding steroid dienone is 5. The molecule has 0 saturated heterocycles. The van der Waals surface area contributed by atoms with Crippen molar-refractivity contribution >= 4 is 17.5 Å². The summed E-state index contributed by atoms with van der Waals surface area (Å²) >= 11 is 0. The van der Waals surface area contributed by atoms with Gasteiger partial charge >= 0.3 is 5.97 Å². The predicted octanol–water partition coefficient (Wildman–Crippen LogP) is 4.87. The van der Waals surface area contributed by atoms with Gasteiger partial charge in [0.15, 0.2) is 5.78 Å². The zero-order valence-corrected chi connectivity index (χ0v) is 19.2. The highest BCUT2D eigenvalue weighted by atomic mass is 16.5. The van der Waals surface area contributed by atoms with Crippen molar-refractivity contribution in [2.45, 2.75) is 67.2 Å². The summed E-state index contributed by atoms with van der Waals surface area (Å²) in [6.45, 7) is 10.9.